The maximum Gasteiger partial charge on any atom is 0.265 e. The summed E-state index contributed by atoms with van der Waals surface area (Å²) in [5.74, 6) is 0.220. The van der Waals surface area contributed by atoms with Gasteiger partial charge in [-0.05, 0) is 54.7 Å². The summed E-state index contributed by atoms with van der Waals surface area (Å²) in [6.45, 7) is 2.21. The van der Waals surface area contributed by atoms with E-state index in [9.17, 15) is 9.59 Å². The summed E-state index contributed by atoms with van der Waals surface area (Å²) < 4.78 is 0. The van der Waals surface area contributed by atoms with E-state index in [0.717, 1.165) is 35.4 Å². The molecule has 2 aromatic carbocycles. The van der Waals surface area contributed by atoms with Crippen molar-refractivity contribution < 1.29 is 9.59 Å². The van der Waals surface area contributed by atoms with Crippen LogP contribution in [0.15, 0.2) is 58.3 Å². The van der Waals surface area contributed by atoms with Crippen LogP contribution in [0.2, 0.25) is 5.02 Å². The van der Waals surface area contributed by atoms with Crippen LogP contribution in [-0.4, -0.2) is 24.4 Å². The van der Waals surface area contributed by atoms with Gasteiger partial charge in [0.15, 0.2) is 0 Å². The zero-order valence-electron chi connectivity index (χ0n) is 16.9. The van der Waals surface area contributed by atoms with Crippen molar-refractivity contribution in [2.24, 2.45) is 5.92 Å². The predicted octanol–water partition coefficient (Wildman–Crippen LogP) is 5.51. The quantitative estimate of drug-likeness (QED) is 0.637. The third-order valence-electron chi connectivity index (χ3n) is 5.76. The Balaban J connectivity index is 1.56. The molecule has 6 heteroatoms. The number of halogens is 1. The van der Waals surface area contributed by atoms with Crippen molar-refractivity contribution in [1.82, 2.24) is 5.32 Å². The van der Waals surface area contributed by atoms with Crippen LogP contribution in [-0.2, 0) is 9.59 Å². The SMILES string of the molecule is C[C@@H]1CCCC[C@H]1NC(=O)CN1C(=O)/C(=C\c2ccc(Cl)cc2)Sc2ccccc21. The fourth-order valence-electron chi connectivity index (χ4n) is 4.06. The molecule has 2 aliphatic rings. The first-order valence-corrected chi connectivity index (χ1v) is 11.6. The second-order valence-electron chi connectivity index (χ2n) is 7.96. The van der Waals surface area contributed by atoms with Crippen LogP contribution >= 0.6 is 23.4 Å². The van der Waals surface area contributed by atoms with Crippen molar-refractivity contribution in [3.8, 4) is 0 Å². The normalized spacial score (nSPS) is 22.7. The largest absolute Gasteiger partial charge is 0.352 e. The van der Waals surface area contributed by atoms with Gasteiger partial charge in [0.25, 0.3) is 5.91 Å². The molecule has 1 heterocycles. The number of hydrogen-bond acceptors (Lipinski definition) is 3. The molecule has 2 aromatic rings. The molecule has 0 bridgehead atoms. The van der Waals surface area contributed by atoms with Crippen molar-refractivity contribution in [3.05, 3.63) is 64.0 Å². The molecular formula is C24H25ClN2O2S. The fraction of sp³-hybridized carbons (Fsp3) is 0.333. The second-order valence-corrected chi connectivity index (χ2v) is 9.48. The van der Waals surface area contributed by atoms with E-state index in [2.05, 4.69) is 12.2 Å². The van der Waals surface area contributed by atoms with Gasteiger partial charge in [0.1, 0.15) is 6.54 Å². The summed E-state index contributed by atoms with van der Waals surface area (Å²) in [6.07, 6.45) is 6.37. The van der Waals surface area contributed by atoms with Crippen molar-refractivity contribution >= 4 is 46.9 Å². The molecule has 1 aliphatic heterocycles. The molecule has 0 radical (unpaired) electrons. The van der Waals surface area contributed by atoms with Gasteiger partial charge in [0.05, 0.1) is 10.6 Å². The van der Waals surface area contributed by atoms with Gasteiger partial charge in [0, 0.05) is 16.0 Å². The van der Waals surface area contributed by atoms with Crippen molar-refractivity contribution in [2.75, 3.05) is 11.4 Å². The van der Waals surface area contributed by atoms with E-state index in [-0.39, 0.29) is 24.4 Å². The van der Waals surface area contributed by atoms with E-state index in [1.807, 2.05) is 42.5 Å². The highest BCUT2D eigenvalue weighted by Gasteiger charge is 2.31. The molecule has 2 amide bonds. The lowest BCUT2D eigenvalue weighted by molar-refractivity contribution is -0.123. The van der Waals surface area contributed by atoms with E-state index in [1.165, 1.54) is 18.2 Å². The molecule has 2 atom stereocenters. The van der Waals surface area contributed by atoms with Crippen LogP contribution in [0.5, 0.6) is 0 Å². The molecule has 1 N–H and O–H groups in total. The first-order chi connectivity index (χ1) is 14.5. The standard InChI is InChI=1S/C24H25ClN2O2S/c1-16-6-2-3-7-19(16)26-23(28)15-27-20-8-4-5-9-21(20)30-22(24(27)29)14-17-10-12-18(25)13-11-17/h4-5,8-14,16,19H,2-3,6-7,15H2,1H3,(H,26,28)/b22-14+/t16-,19-/m1/s1. The highest BCUT2D eigenvalue weighted by molar-refractivity contribution is 8.04. The second kappa shape index (κ2) is 9.27. The van der Waals surface area contributed by atoms with Crippen molar-refractivity contribution in [3.63, 3.8) is 0 Å². The average Bonchev–Trinajstić information content (AvgIpc) is 2.74. The third-order valence-corrected chi connectivity index (χ3v) is 7.09. The number of anilines is 1. The van der Waals surface area contributed by atoms with Crippen LogP contribution in [0.1, 0.15) is 38.2 Å². The minimum atomic E-state index is -0.152. The van der Waals surface area contributed by atoms with Gasteiger partial charge in [-0.1, -0.05) is 67.4 Å². The number of fused-ring (bicyclic) bond motifs is 1. The monoisotopic (exact) mass is 440 g/mol. The fourth-order valence-corrected chi connectivity index (χ4v) is 5.24. The van der Waals surface area contributed by atoms with Crippen molar-refractivity contribution in [2.45, 2.75) is 43.5 Å². The maximum atomic E-state index is 13.3. The Morgan fingerprint density at radius 2 is 1.90 bits per heavy atom. The molecule has 156 valence electrons. The summed E-state index contributed by atoms with van der Waals surface area (Å²) in [7, 11) is 0. The molecule has 4 nitrogen and oxygen atoms in total. The molecule has 1 fully saturated rings. The minimum Gasteiger partial charge on any atom is -0.352 e. The number of nitrogens with one attached hydrogen (secondary N) is 1. The van der Waals surface area contributed by atoms with Crippen LogP contribution in [0.3, 0.4) is 0 Å². The summed E-state index contributed by atoms with van der Waals surface area (Å²) in [5, 5.41) is 3.82. The molecule has 30 heavy (non-hydrogen) atoms. The number of benzene rings is 2. The predicted molar refractivity (Wildman–Crippen MR) is 124 cm³/mol. The first kappa shape index (κ1) is 21.0. The number of nitrogens with zero attached hydrogens (tertiary/aromatic N) is 1. The van der Waals surface area contributed by atoms with E-state index in [4.69, 9.17) is 11.6 Å². The van der Waals surface area contributed by atoms with Gasteiger partial charge < -0.3 is 5.32 Å². The zero-order chi connectivity index (χ0) is 21.1. The summed E-state index contributed by atoms with van der Waals surface area (Å²) in [4.78, 5) is 29.3. The molecule has 0 unspecified atom stereocenters. The topological polar surface area (TPSA) is 49.4 Å². The molecule has 0 saturated heterocycles. The Labute approximate surface area is 186 Å². The number of thioether (sulfide) groups is 1. The summed E-state index contributed by atoms with van der Waals surface area (Å²) in [5.41, 5.74) is 1.68. The molecule has 4 rings (SSSR count). The van der Waals surface area contributed by atoms with E-state index >= 15 is 0 Å². The van der Waals surface area contributed by atoms with Gasteiger partial charge in [-0.2, -0.15) is 0 Å². The third kappa shape index (κ3) is 4.73. The van der Waals surface area contributed by atoms with Gasteiger partial charge in [-0.3, -0.25) is 14.5 Å². The lowest BCUT2D eigenvalue weighted by Crippen LogP contribution is -2.48. The highest BCUT2D eigenvalue weighted by Crippen LogP contribution is 2.42. The number of rotatable bonds is 4. The number of amides is 2. The lowest BCUT2D eigenvalue weighted by Gasteiger charge is -2.32. The average molecular weight is 441 g/mol. The van der Waals surface area contributed by atoms with Gasteiger partial charge >= 0.3 is 0 Å². The number of carbonyl (C=O) groups excluding carboxylic acids is 2. The number of para-hydroxylation sites is 1. The number of hydrogen-bond donors (Lipinski definition) is 1. The highest BCUT2D eigenvalue weighted by atomic mass is 35.5. The van der Waals surface area contributed by atoms with E-state index in [0.29, 0.717) is 15.8 Å². The smallest absolute Gasteiger partial charge is 0.265 e. The van der Waals surface area contributed by atoms with Crippen LogP contribution < -0.4 is 10.2 Å². The minimum absolute atomic E-state index is 0.0254. The van der Waals surface area contributed by atoms with E-state index in [1.54, 1.807) is 17.0 Å². The van der Waals surface area contributed by atoms with Gasteiger partial charge in [-0.25, -0.2) is 0 Å². The summed E-state index contributed by atoms with van der Waals surface area (Å²) >= 11 is 7.41. The molecule has 1 aliphatic carbocycles. The Morgan fingerprint density at radius 1 is 1.17 bits per heavy atom. The van der Waals surface area contributed by atoms with Crippen molar-refractivity contribution in [1.29, 1.82) is 0 Å². The Hall–Kier alpha value is -2.24. The molecule has 0 aromatic heterocycles. The van der Waals surface area contributed by atoms with E-state index < -0.39 is 0 Å². The van der Waals surface area contributed by atoms with Gasteiger partial charge in [0.2, 0.25) is 5.91 Å². The lowest BCUT2D eigenvalue weighted by atomic mass is 9.86. The van der Waals surface area contributed by atoms with Gasteiger partial charge in [-0.15, -0.1) is 0 Å². The Morgan fingerprint density at radius 3 is 2.67 bits per heavy atom. The van der Waals surface area contributed by atoms with Crippen LogP contribution in [0.25, 0.3) is 6.08 Å². The first-order valence-electron chi connectivity index (χ1n) is 10.4. The molecule has 0 spiro atoms. The van der Waals surface area contributed by atoms with Crippen LogP contribution in [0.4, 0.5) is 5.69 Å². The maximum absolute atomic E-state index is 13.3. The molecule has 1 saturated carbocycles. The van der Waals surface area contributed by atoms with Crippen LogP contribution in [0, 0.1) is 5.92 Å². The summed E-state index contributed by atoms with van der Waals surface area (Å²) in [6, 6.07) is 15.3. The Kier molecular flexibility index (Phi) is 6.49. The molecular weight excluding hydrogens is 416 g/mol. The number of carbonyl (C=O) groups is 2. The zero-order valence-corrected chi connectivity index (χ0v) is 18.5. The Bertz CT molecular complexity index is 973.